The standard InChI is InChI=1S/C16H13BrN2S/c17-12-4-6-13(7-5-12)20-10-11-3-8-15(18)14-2-1-9-19-16(11)14/h1-9H,10,18H2. The first kappa shape index (κ1) is 13.5. The topological polar surface area (TPSA) is 38.9 Å². The largest absolute Gasteiger partial charge is 0.398 e. The van der Waals surface area contributed by atoms with E-state index in [2.05, 4.69) is 51.2 Å². The van der Waals surface area contributed by atoms with Crippen LogP contribution in [0.3, 0.4) is 0 Å². The lowest BCUT2D eigenvalue weighted by Crippen LogP contribution is -1.92. The van der Waals surface area contributed by atoms with Crippen LogP contribution in [0.15, 0.2) is 64.1 Å². The average Bonchev–Trinajstić information content (AvgIpc) is 2.49. The Balaban J connectivity index is 1.88. The van der Waals surface area contributed by atoms with Crippen molar-refractivity contribution in [2.75, 3.05) is 5.73 Å². The van der Waals surface area contributed by atoms with Crippen LogP contribution in [0.4, 0.5) is 5.69 Å². The summed E-state index contributed by atoms with van der Waals surface area (Å²) in [6.45, 7) is 0. The quantitative estimate of drug-likeness (QED) is 0.544. The van der Waals surface area contributed by atoms with Crippen molar-refractivity contribution in [1.82, 2.24) is 4.98 Å². The molecule has 100 valence electrons. The zero-order chi connectivity index (χ0) is 13.9. The summed E-state index contributed by atoms with van der Waals surface area (Å²) in [7, 11) is 0. The van der Waals surface area contributed by atoms with Crippen LogP contribution < -0.4 is 5.73 Å². The fourth-order valence-corrected chi connectivity index (χ4v) is 3.21. The smallest absolute Gasteiger partial charge is 0.0763 e. The maximum absolute atomic E-state index is 6.00. The zero-order valence-corrected chi connectivity index (χ0v) is 13.1. The Hall–Kier alpha value is -1.52. The van der Waals surface area contributed by atoms with Crippen LogP contribution >= 0.6 is 27.7 Å². The molecule has 2 N–H and O–H groups in total. The third kappa shape index (κ3) is 2.81. The number of fused-ring (bicyclic) bond motifs is 1. The molecule has 2 aromatic carbocycles. The van der Waals surface area contributed by atoms with E-state index in [4.69, 9.17) is 5.73 Å². The first-order chi connectivity index (χ1) is 9.74. The predicted octanol–water partition coefficient (Wildman–Crippen LogP) is 4.87. The highest BCUT2D eigenvalue weighted by molar-refractivity contribution is 9.10. The fourth-order valence-electron chi connectivity index (χ4n) is 2.06. The van der Waals surface area contributed by atoms with Crippen molar-refractivity contribution in [2.45, 2.75) is 10.6 Å². The van der Waals surface area contributed by atoms with Crippen LogP contribution in [-0.2, 0) is 5.75 Å². The number of nitrogen functional groups attached to an aromatic ring is 1. The molecule has 0 radical (unpaired) electrons. The molecule has 2 nitrogen and oxygen atoms in total. The minimum absolute atomic E-state index is 0.783. The Morgan fingerprint density at radius 1 is 1.05 bits per heavy atom. The molecule has 0 spiro atoms. The molecule has 3 aromatic rings. The predicted molar refractivity (Wildman–Crippen MR) is 89.9 cm³/mol. The highest BCUT2D eigenvalue weighted by Crippen LogP contribution is 2.29. The number of pyridine rings is 1. The number of hydrogen-bond donors (Lipinski definition) is 1. The summed E-state index contributed by atoms with van der Waals surface area (Å²) in [5, 5.41) is 1.03. The van der Waals surface area contributed by atoms with E-state index in [0.29, 0.717) is 0 Å². The van der Waals surface area contributed by atoms with Crippen molar-refractivity contribution in [1.29, 1.82) is 0 Å². The molecule has 0 atom stereocenters. The summed E-state index contributed by atoms with van der Waals surface area (Å²) in [6, 6.07) is 16.3. The number of nitrogens with zero attached hydrogens (tertiary/aromatic N) is 1. The molecule has 1 heterocycles. The molecule has 20 heavy (non-hydrogen) atoms. The molecule has 0 amide bonds. The summed E-state index contributed by atoms with van der Waals surface area (Å²) in [5.74, 6) is 0.884. The van der Waals surface area contributed by atoms with Gasteiger partial charge in [0.05, 0.1) is 5.52 Å². The van der Waals surface area contributed by atoms with Crippen LogP contribution in [0.1, 0.15) is 5.56 Å². The third-order valence-electron chi connectivity index (χ3n) is 3.09. The molecule has 0 unspecified atom stereocenters. The lowest BCUT2D eigenvalue weighted by Gasteiger charge is -2.08. The molecule has 0 fully saturated rings. The molecule has 0 saturated carbocycles. The van der Waals surface area contributed by atoms with Crippen LogP contribution in [0, 0.1) is 0 Å². The molecule has 1 aromatic heterocycles. The van der Waals surface area contributed by atoms with Gasteiger partial charge in [-0.15, -0.1) is 11.8 Å². The first-order valence-electron chi connectivity index (χ1n) is 6.24. The van der Waals surface area contributed by atoms with E-state index in [-0.39, 0.29) is 0 Å². The Morgan fingerprint density at radius 2 is 1.85 bits per heavy atom. The van der Waals surface area contributed by atoms with Crippen molar-refractivity contribution in [3.05, 3.63) is 64.8 Å². The van der Waals surface area contributed by atoms with E-state index >= 15 is 0 Å². The van der Waals surface area contributed by atoms with Gasteiger partial charge in [-0.05, 0) is 48.0 Å². The molecule has 3 rings (SSSR count). The van der Waals surface area contributed by atoms with E-state index < -0.39 is 0 Å². The number of aromatic nitrogens is 1. The van der Waals surface area contributed by atoms with Crippen molar-refractivity contribution in [3.63, 3.8) is 0 Å². The normalized spacial score (nSPS) is 10.8. The molecule has 0 saturated heterocycles. The van der Waals surface area contributed by atoms with Gasteiger partial charge in [0.25, 0.3) is 0 Å². The summed E-state index contributed by atoms with van der Waals surface area (Å²) < 4.78 is 1.10. The lowest BCUT2D eigenvalue weighted by molar-refractivity contribution is 1.34. The summed E-state index contributed by atoms with van der Waals surface area (Å²) in [4.78, 5) is 5.71. The number of hydrogen-bond acceptors (Lipinski definition) is 3. The number of nitrogens with two attached hydrogens (primary N) is 1. The average molecular weight is 345 g/mol. The highest BCUT2D eigenvalue weighted by atomic mass is 79.9. The molecule has 0 aliphatic rings. The van der Waals surface area contributed by atoms with Gasteiger partial charge in [-0.1, -0.05) is 22.0 Å². The Kier molecular flexibility index (Phi) is 3.94. The van der Waals surface area contributed by atoms with Crippen molar-refractivity contribution in [2.24, 2.45) is 0 Å². The first-order valence-corrected chi connectivity index (χ1v) is 8.02. The van der Waals surface area contributed by atoms with Gasteiger partial charge in [0.2, 0.25) is 0 Å². The summed E-state index contributed by atoms with van der Waals surface area (Å²) >= 11 is 5.25. The van der Waals surface area contributed by atoms with Gasteiger partial charge in [-0.3, -0.25) is 4.98 Å². The van der Waals surface area contributed by atoms with Gasteiger partial charge in [0, 0.05) is 32.4 Å². The van der Waals surface area contributed by atoms with Gasteiger partial charge < -0.3 is 5.73 Å². The van der Waals surface area contributed by atoms with E-state index in [0.717, 1.165) is 26.8 Å². The van der Waals surface area contributed by atoms with Gasteiger partial charge in [0.1, 0.15) is 0 Å². The second kappa shape index (κ2) is 5.85. The highest BCUT2D eigenvalue weighted by Gasteiger charge is 2.05. The third-order valence-corrected chi connectivity index (χ3v) is 4.68. The molecule has 0 aliphatic carbocycles. The van der Waals surface area contributed by atoms with Crippen LogP contribution in [0.5, 0.6) is 0 Å². The van der Waals surface area contributed by atoms with Crippen LogP contribution in [0.2, 0.25) is 0 Å². The second-order valence-corrected chi connectivity index (χ2v) is 6.42. The minimum atomic E-state index is 0.783. The molecule has 0 aliphatic heterocycles. The zero-order valence-electron chi connectivity index (χ0n) is 10.7. The van der Waals surface area contributed by atoms with E-state index in [9.17, 15) is 0 Å². The molecule has 0 bridgehead atoms. The number of anilines is 1. The van der Waals surface area contributed by atoms with E-state index in [1.54, 1.807) is 11.8 Å². The Morgan fingerprint density at radius 3 is 2.65 bits per heavy atom. The summed E-state index contributed by atoms with van der Waals surface area (Å²) in [5.41, 5.74) is 8.99. The van der Waals surface area contributed by atoms with Crippen LogP contribution in [0.25, 0.3) is 10.9 Å². The maximum Gasteiger partial charge on any atom is 0.0763 e. The molecular weight excluding hydrogens is 332 g/mol. The van der Waals surface area contributed by atoms with Gasteiger partial charge in [-0.25, -0.2) is 0 Å². The Labute approximate surface area is 130 Å². The number of rotatable bonds is 3. The molecule has 4 heteroatoms. The Bertz CT molecular complexity index is 741. The number of halogens is 1. The summed E-state index contributed by atoms with van der Waals surface area (Å²) in [6.07, 6.45) is 1.82. The number of thioether (sulfide) groups is 1. The van der Waals surface area contributed by atoms with E-state index in [1.165, 1.54) is 10.5 Å². The SMILES string of the molecule is Nc1ccc(CSc2ccc(Br)cc2)c2ncccc12. The van der Waals surface area contributed by atoms with Crippen molar-refractivity contribution >= 4 is 44.3 Å². The van der Waals surface area contributed by atoms with Crippen LogP contribution in [-0.4, -0.2) is 4.98 Å². The van der Waals surface area contributed by atoms with E-state index in [1.807, 2.05) is 24.4 Å². The number of benzene rings is 2. The van der Waals surface area contributed by atoms with Crippen molar-refractivity contribution < 1.29 is 0 Å². The van der Waals surface area contributed by atoms with Crippen molar-refractivity contribution in [3.8, 4) is 0 Å². The minimum Gasteiger partial charge on any atom is -0.398 e. The van der Waals surface area contributed by atoms with Gasteiger partial charge >= 0.3 is 0 Å². The van der Waals surface area contributed by atoms with Gasteiger partial charge in [-0.2, -0.15) is 0 Å². The van der Waals surface area contributed by atoms with Gasteiger partial charge in [0.15, 0.2) is 0 Å². The fraction of sp³-hybridized carbons (Fsp3) is 0.0625. The lowest BCUT2D eigenvalue weighted by atomic mass is 10.1. The molecular formula is C16H13BrN2S. The second-order valence-electron chi connectivity index (χ2n) is 4.46. The monoisotopic (exact) mass is 344 g/mol. The maximum atomic E-state index is 6.00.